The van der Waals surface area contributed by atoms with Crippen molar-refractivity contribution in [1.29, 1.82) is 0 Å². The van der Waals surface area contributed by atoms with Gasteiger partial charge < -0.3 is 15.4 Å². The number of nitrogens with two attached hydrogens (primary N) is 1. The van der Waals surface area contributed by atoms with Crippen molar-refractivity contribution in [1.82, 2.24) is 4.90 Å². The number of likely N-dealkylation sites (tertiary alicyclic amines) is 1. The van der Waals surface area contributed by atoms with Crippen molar-refractivity contribution in [3.63, 3.8) is 0 Å². The second-order valence-corrected chi connectivity index (χ2v) is 7.89. The minimum absolute atomic E-state index is 0.432. The smallest absolute Gasteiger partial charge is 0.0576 e. The van der Waals surface area contributed by atoms with Gasteiger partial charge in [0.2, 0.25) is 0 Å². The first-order chi connectivity index (χ1) is 10.3. The Hall–Kier alpha value is -0.120. The van der Waals surface area contributed by atoms with Crippen molar-refractivity contribution in [3.05, 3.63) is 0 Å². The van der Waals surface area contributed by atoms with Crippen molar-refractivity contribution < 1.29 is 4.74 Å². The summed E-state index contributed by atoms with van der Waals surface area (Å²) in [5.41, 5.74) is 6.65. The Bertz CT molecular complexity index is 296. The van der Waals surface area contributed by atoms with Gasteiger partial charge in [0.15, 0.2) is 0 Å². The molecular formula is C18H34N2O. The number of hydrogen-bond donors (Lipinski definition) is 1. The summed E-state index contributed by atoms with van der Waals surface area (Å²) in [5.74, 6) is 0. The molecule has 0 radical (unpaired) electrons. The summed E-state index contributed by atoms with van der Waals surface area (Å²) in [4.78, 5) is 2.66. The Morgan fingerprint density at radius 1 is 0.952 bits per heavy atom. The monoisotopic (exact) mass is 294 g/mol. The van der Waals surface area contributed by atoms with Crippen LogP contribution in [0.15, 0.2) is 0 Å². The molecule has 2 saturated carbocycles. The molecule has 2 aliphatic carbocycles. The molecule has 0 unspecified atom stereocenters. The van der Waals surface area contributed by atoms with Crippen molar-refractivity contribution in [2.45, 2.75) is 82.8 Å². The van der Waals surface area contributed by atoms with Gasteiger partial charge in [-0.1, -0.05) is 25.7 Å². The zero-order chi connectivity index (χ0) is 14.5. The highest BCUT2D eigenvalue weighted by atomic mass is 16.5. The molecule has 122 valence electrons. The van der Waals surface area contributed by atoms with Gasteiger partial charge in [-0.3, -0.25) is 0 Å². The largest absolute Gasteiger partial charge is 0.378 e. The molecule has 0 bridgehead atoms. The van der Waals surface area contributed by atoms with E-state index in [9.17, 15) is 0 Å². The molecule has 3 heteroatoms. The molecule has 1 spiro atoms. The van der Waals surface area contributed by atoms with E-state index in [0.29, 0.717) is 12.1 Å². The van der Waals surface area contributed by atoms with Gasteiger partial charge in [0.05, 0.1) is 6.10 Å². The summed E-state index contributed by atoms with van der Waals surface area (Å²) in [6.45, 7) is 4.92. The van der Waals surface area contributed by atoms with E-state index in [0.717, 1.165) is 24.9 Å². The third-order valence-corrected chi connectivity index (χ3v) is 5.97. The van der Waals surface area contributed by atoms with Crippen LogP contribution in [0.2, 0.25) is 0 Å². The molecule has 0 aromatic heterocycles. The first kappa shape index (κ1) is 15.8. The van der Waals surface area contributed by atoms with Gasteiger partial charge in [-0.2, -0.15) is 0 Å². The Kier molecular flexibility index (Phi) is 5.58. The molecule has 3 aliphatic rings. The average Bonchev–Trinajstić information content (AvgIpc) is 2.70. The second-order valence-electron chi connectivity index (χ2n) is 7.89. The maximum Gasteiger partial charge on any atom is 0.0576 e. The molecule has 21 heavy (non-hydrogen) atoms. The van der Waals surface area contributed by atoms with Crippen molar-refractivity contribution in [2.75, 3.05) is 26.2 Å². The molecule has 3 rings (SSSR count). The molecule has 3 nitrogen and oxygen atoms in total. The molecule has 0 aromatic carbocycles. The van der Waals surface area contributed by atoms with Crippen LogP contribution in [0.3, 0.4) is 0 Å². The topological polar surface area (TPSA) is 38.5 Å². The fraction of sp³-hybridized carbons (Fsp3) is 1.00. The van der Waals surface area contributed by atoms with Crippen LogP contribution in [0.1, 0.15) is 70.6 Å². The van der Waals surface area contributed by atoms with Crippen LogP contribution in [-0.2, 0) is 4.74 Å². The van der Waals surface area contributed by atoms with E-state index < -0.39 is 0 Å². The van der Waals surface area contributed by atoms with Gasteiger partial charge in [-0.25, -0.2) is 0 Å². The number of ether oxygens (including phenoxy) is 1. The van der Waals surface area contributed by atoms with E-state index >= 15 is 0 Å². The van der Waals surface area contributed by atoms with E-state index in [1.54, 1.807) is 0 Å². The minimum Gasteiger partial charge on any atom is -0.378 e. The Labute approximate surface area is 130 Å². The Morgan fingerprint density at radius 3 is 2.29 bits per heavy atom. The first-order valence-corrected chi connectivity index (χ1v) is 9.35. The highest BCUT2D eigenvalue weighted by Gasteiger charge is 2.41. The quantitative estimate of drug-likeness (QED) is 0.791. The van der Waals surface area contributed by atoms with Crippen LogP contribution >= 0.6 is 0 Å². The van der Waals surface area contributed by atoms with Crippen LogP contribution in [0, 0.1) is 5.41 Å². The normalized spacial score (nSPS) is 33.6. The molecule has 0 aromatic rings. The van der Waals surface area contributed by atoms with E-state index in [1.807, 2.05) is 0 Å². The van der Waals surface area contributed by atoms with Gasteiger partial charge in [0, 0.05) is 32.3 Å². The molecule has 0 atom stereocenters. The number of nitrogens with zero attached hydrogens (tertiary/aromatic N) is 1. The maximum absolute atomic E-state index is 6.03. The standard InChI is InChI=1S/C18H34N2O/c19-16-6-8-17(9-7-16)21-13-5-12-20-14-18(15-20)10-3-1-2-4-11-18/h16-17H,1-15,19H2. The number of rotatable bonds is 5. The van der Waals surface area contributed by atoms with Crippen LogP contribution in [0.4, 0.5) is 0 Å². The lowest BCUT2D eigenvalue weighted by Gasteiger charge is -2.50. The maximum atomic E-state index is 6.03. The lowest BCUT2D eigenvalue weighted by Crippen LogP contribution is -2.56. The van der Waals surface area contributed by atoms with Gasteiger partial charge >= 0.3 is 0 Å². The first-order valence-electron chi connectivity index (χ1n) is 9.35. The van der Waals surface area contributed by atoms with Crippen molar-refractivity contribution in [2.24, 2.45) is 11.1 Å². The van der Waals surface area contributed by atoms with Crippen LogP contribution in [0.5, 0.6) is 0 Å². The third kappa shape index (κ3) is 4.43. The Balaban J connectivity index is 1.24. The molecule has 2 N–H and O–H groups in total. The van der Waals surface area contributed by atoms with E-state index in [-0.39, 0.29) is 0 Å². The third-order valence-electron chi connectivity index (χ3n) is 5.97. The molecule has 1 saturated heterocycles. The van der Waals surface area contributed by atoms with Crippen LogP contribution in [-0.4, -0.2) is 43.3 Å². The van der Waals surface area contributed by atoms with Crippen molar-refractivity contribution in [3.8, 4) is 0 Å². The second kappa shape index (κ2) is 7.43. The average molecular weight is 294 g/mol. The fourth-order valence-electron chi connectivity index (χ4n) is 4.65. The highest BCUT2D eigenvalue weighted by Crippen LogP contribution is 2.42. The predicted octanol–water partition coefficient (Wildman–Crippen LogP) is 3.32. The molecule has 1 aliphatic heterocycles. The summed E-state index contributed by atoms with van der Waals surface area (Å²) in [6, 6.07) is 0.432. The zero-order valence-corrected chi connectivity index (χ0v) is 13.7. The summed E-state index contributed by atoms with van der Waals surface area (Å²) >= 11 is 0. The van der Waals surface area contributed by atoms with Crippen LogP contribution < -0.4 is 5.73 Å². The highest BCUT2D eigenvalue weighted by molar-refractivity contribution is 4.95. The zero-order valence-electron chi connectivity index (χ0n) is 13.7. The summed E-state index contributed by atoms with van der Waals surface area (Å²) < 4.78 is 6.03. The Morgan fingerprint density at radius 2 is 1.62 bits per heavy atom. The summed E-state index contributed by atoms with van der Waals surface area (Å²) in [5, 5.41) is 0. The van der Waals surface area contributed by atoms with E-state index in [4.69, 9.17) is 10.5 Å². The van der Waals surface area contributed by atoms with Gasteiger partial charge in [-0.05, 0) is 50.4 Å². The van der Waals surface area contributed by atoms with Crippen molar-refractivity contribution >= 4 is 0 Å². The van der Waals surface area contributed by atoms with Gasteiger partial charge in [0.25, 0.3) is 0 Å². The predicted molar refractivity (Wildman–Crippen MR) is 87.4 cm³/mol. The molecule has 1 heterocycles. The number of hydrogen-bond acceptors (Lipinski definition) is 3. The SMILES string of the molecule is NC1CCC(OCCCN2CC3(CCCCCC3)C2)CC1. The fourth-order valence-corrected chi connectivity index (χ4v) is 4.65. The summed E-state index contributed by atoms with van der Waals surface area (Å²) in [7, 11) is 0. The molecule has 0 amide bonds. The van der Waals surface area contributed by atoms with E-state index in [2.05, 4.69) is 4.90 Å². The summed E-state index contributed by atoms with van der Waals surface area (Å²) in [6.07, 6.45) is 15.2. The molecule has 3 fully saturated rings. The van der Waals surface area contributed by atoms with E-state index in [1.165, 1.54) is 77.4 Å². The lowest BCUT2D eigenvalue weighted by atomic mass is 9.73. The van der Waals surface area contributed by atoms with Gasteiger partial charge in [-0.15, -0.1) is 0 Å². The van der Waals surface area contributed by atoms with Gasteiger partial charge in [0.1, 0.15) is 0 Å². The lowest BCUT2D eigenvalue weighted by molar-refractivity contribution is -0.0253. The van der Waals surface area contributed by atoms with Crippen LogP contribution in [0.25, 0.3) is 0 Å². The molecular weight excluding hydrogens is 260 g/mol. The minimum atomic E-state index is 0.432.